The first kappa shape index (κ1) is 12.6. The summed E-state index contributed by atoms with van der Waals surface area (Å²) in [6, 6.07) is 3.86. The lowest BCUT2D eigenvalue weighted by atomic mass is 10.3. The van der Waals surface area contributed by atoms with E-state index in [1.54, 1.807) is 0 Å². The molecular weight excluding hydrogens is 271 g/mol. The molecular formula is C10H7ClF3N3O. The molecule has 18 heavy (non-hydrogen) atoms. The topological polar surface area (TPSA) is 53.1 Å². The standard InChI is InChI=1S/C10H7ClF3N3O/c11-7-3-6(17-4-9(15)16-5-17)1-2-8(7)18-10(12,13)14/h1-5H,15H2. The lowest BCUT2D eigenvalue weighted by Gasteiger charge is -2.11. The Balaban J connectivity index is 2.30. The molecule has 0 spiro atoms. The van der Waals surface area contributed by atoms with Crippen LogP contribution in [0.25, 0.3) is 5.69 Å². The van der Waals surface area contributed by atoms with E-state index in [0.29, 0.717) is 11.5 Å². The summed E-state index contributed by atoms with van der Waals surface area (Å²) in [5, 5.41) is -0.155. The zero-order chi connectivity index (χ0) is 13.3. The number of nitrogen functional groups attached to an aromatic ring is 1. The molecule has 2 N–H and O–H groups in total. The number of alkyl halides is 3. The Morgan fingerprint density at radius 2 is 2.06 bits per heavy atom. The maximum atomic E-state index is 12.0. The zero-order valence-electron chi connectivity index (χ0n) is 8.78. The Hall–Kier alpha value is -1.89. The van der Waals surface area contributed by atoms with Crippen LogP contribution in [0.2, 0.25) is 5.02 Å². The number of nitrogens with zero attached hydrogens (tertiary/aromatic N) is 2. The highest BCUT2D eigenvalue weighted by Gasteiger charge is 2.32. The van der Waals surface area contributed by atoms with Crippen molar-refractivity contribution in [1.82, 2.24) is 9.55 Å². The summed E-state index contributed by atoms with van der Waals surface area (Å²) < 4.78 is 41.4. The number of halogens is 4. The monoisotopic (exact) mass is 277 g/mol. The number of imidazole rings is 1. The van der Waals surface area contributed by atoms with E-state index in [9.17, 15) is 13.2 Å². The van der Waals surface area contributed by atoms with Crippen LogP contribution in [0.3, 0.4) is 0 Å². The Morgan fingerprint density at radius 3 is 2.56 bits per heavy atom. The molecule has 1 aromatic heterocycles. The molecule has 0 aliphatic heterocycles. The zero-order valence-corrected chi connectivity index (χ0v) is 9.53. The van der Waals surface area contributed by atoms with Crippen LogP contribution < -0.4 is 10.5 Å². The highest BCUT2D eigenvalue weighted by Crippen LogP contribution is 2.31. The van der Waals surface area contributed by atoms with Crippen molar-refractivity contribution in [1.29, 1.82) is 0 Å². The molecule has 0 saturated heterocycles. The predicted molar refractivity (Wildman–Crippen MR) is 59.7 cm³/mol. The second-order valence-electron chi connectivity index (χ2n) is 3.37. The smallest absolute Gasteiger partial charge is 0.404 e. The van der Waals surface area contributed by atoms with E-state index in [0.717, 1.165) is 6.07 Å². The van der Waals surface area contributed by atoms with Crippen molar-refractivity contribution in [2.75, 3.05) is 5.73 Å². The van der Waals surface area contributed by atoms with Gasteiger partial charge in [0.25, 0.3) is 0 Å². The number of hydrogen-bond acceptors (Lipinski definition) is 3. The van der Waals surface area contributed by atoms with Crippen molar-refractivity contribution < 1.29 is 17.9 Å². The van der Waals surface area contributed by atoms with Gasteiger partial charge in [-0.05, 0) is 18.2 Å². The second kappa shape index (κ2) is 4.41. The summed E-state index contributed by atoms with van der Waals surface area (Å²) in [5.41, 5.74) is 5.96. The van der Waals surface area contributed by atoms with E-state index < -0.39 is 12.1 Å². The fraction of sp³-hybridized carbons (Fsp3) is 0.100. The SMILES string of the molecule is Nc1cn(-c2ccc(OC(F)(F)F)c(Cl)c2)cn1. The quantitative estimate of drug-likeness (QED) is 0.918. The van der Waals surface area contributed by atoms with Crippen molar-refractivity contribution in [3.8, 4) is 11.4 Å². The fourth-order valence-corrected chi connectivity index (χ4v) is 1.55. The first-order valence-corrected chi connectivity index (χ1v) is 5.08. The van der Waals surface area contributed by atoms with Crippen LogP contribution in [0.4, 0.5) is 19.0 Å². The van der Waals surface area contributed by atoms with Crippen molar-refractivity contribution in [3.63, 3.8) is 0 Å². The molecule has 0 fully saturated rings. The predicted octanol–water partition coefficient (Wildman–Crippen LogP) is 3.01. The number of hydrogen-bond donors (Lipinski definition) is 1. The Labute approximate surface area is 105 Å². The maximum absolute atomic E-state index is 12.0. The molecule has 0 unspecified atom stereocenters. The molecule has 0 aliphatic carbocycles. The fourth-order valence-electron chi connectivity index (χ4n) is 1.34. The van der Waals surface area contributed by atoms with Crippen LogP contribution in [0.15, 0.2) is 30.7 Å². The molecule has 0 bridgehead atoms. The number of anilines is 1. The third-order valence-corrected chi connectivity index (χ3v) is 2.34. The lowest BCUT2D eigenvalue weighted by Crippen LogP contribution is -2.17. The Bertz CT molecular complexity index is 568. The van der Waals surface area contributed by atoms with Gasteiger partial charge < -0.3 is 15.0 Å². The molecule has 2 aromatic rings. The van der Waals surface area contributed by atoms with E-state index in [1.807, 2.05) is 0 Å². The van der Waals surface area contributed by atoms with Gasteiger partial charge >= 0.3 is 6.36 Å². The van der Waals surface area contributed by atoms with E-state index in [1.165, 1.54) is 29.2 Å². The van der Waals surface area contributed by atoms with Gasteiger partial charge in [-0.25, -0.2) is 4.98 Å². The minimum Gasteiger partial charge on any atom is -0.404 e. The van der Waals surface area contributed by atoms with Crippen LogP contribution >= 0.6 is 11.6 Å². The average molecular weight is 278 g/mol. The summed E-state index contributed by atoms with van der Waals surface area (Å²) in [6.45, 7) is 0. The molecule has 4 nitrogen and oxygen atoms in total. The summed E-state index contributed by atoms with van der Waals surface area (Å²) in [5.74, 6) is -0.164. The molecule has 0 radical (unpaired) electrons. The number of ether oxygens (including phenoxy) is 1. The summed E-state index contributed by atoms with van der Waals surface area (Å²) in [4.78, 5) is 3.79. The first-order valence-electron chi connectivity index (χ1n) is 4.70. The highest BCUT2D eigenvalue weighted by molar-refractivity contribution is 6.32. The summed E-state index contributed by atoms with van der Waals surface area (Å²) >= 11 is 5.70. The molecule has 1 heterocycles. The van der Waals surface area contributed by atoms with Crippen LogP contribution in [0, 0.1) is 0 Å². The van der Waals surface area contributed by atoms with Crippen molar-refractivity contribution in [2.45, 2.75) is 6.36 Å². The van der Waals surface area contributed by atoms with Crippen molar-refractivity contribution >= 4 is 17.4 Å². The average Bonchev–Trinajstić information content (AvgIpc) is 2.66. The van der Waals surface area contributed by atoms with Crippen LogP contribution in [0.1, 0.15) is 0 Å². The van der Waals surface area contributed by atoms with Gasteiger partial charge in [0.15, 0.2) is 0 Å². The van der Waals surface area contributed by atoms with Gasteiger partial charge in [-0.3, -0.25) is 0 Å². The summed E-state index contributed by atoms with van der Waals surface area (Å²) in [7, 11) is 0. The van der Waals surface area contributed by atoms with Gasteiger partial charge in [0.2, 0.25) is 0 Å². The van der Waals surface area contributed by atoms with E-state index >= 15 is 0 Å². The summed E-state index contributed by atoms with van der Waals surface area (Å²) in [6.07, 6.45) is -1.84. The third kappa shape index (κ3) is 2.86. The number of nitrogens with two attached hydrogens (primary N) is 1. The molecule has 0 aliphatic rings. The molecule has 96 valence electrons. The van der Waals surface area contributed by atoms with Gasteiger partial charge in [0.1, 0.15) is 17.9 Å². The normalized spacial score (nSPS) is 11.6. The second-order valence-corrected chi connectivity index (χ2v) is 3.78. The van der Waals surface area contributed by atoms with E-state index in [4.69, 9.17) is 17.3 Å². The lowest BCUT2D eigenvalue weighted by molar-refractivity contribution is -0.274. The van der Waals surface area contributed by atoms with Crippen LogP contribution in [0.5, 0.6) is 5.75 Å². The number of rotatable bonds is 2. The first-order chi connectivity index (χ1) is 8.35. The van der Waals surface area contributed by atoms with Gasteiger partial charge in [0, 0.05) is 5.69 Å². The largest absolute Gasteiger partial charge is 0.573 e. The van der Waals surface area contributed by atoms with Crippen LogP contribution in [-0.2, 0) is 0 Å². The number of benzene rings is 1. The Morgan fingerprint density at radius 1 is 1.33 bits per heavy atom. The molecule has 1 aromatic carbocycles. The molecule has 0 saturated carbocycles. The van der Waals surface area contributed by atoms with Gasteiger partial charge in [-0.15, -0.1) is 13.2 Å². The molecule has 2 rings (SSSR count). The van der Waals surface area contributed by atoms with Gasteiger partial charge in [0.05, 0.1) is 11.2 Å². The Kier molecular flexibility index (Phi) is 3.08. The highest BCUT2D eigenvalue weighted by atomic mass is 35.5. The maximum Gasteiger partial charge on any atom is 0.573 e. The minimum absolute atomic E-state index is 0.155. The molecule has 8 heteroatoms. The minimum atomic E-state index is -4.77. The molecule has 0 atom stereocenters. The third-order valence-electron chi connectivity index (χ3n) is 2.04. The van der Waals surface area contributed by atoms with Gasteiger partial charge in [-0.2, -0.15) is 0 Å². The van der Waals surface area contributed by atoms with Gasteiger partial charge in [-0.1, -0.05) is 11.6 Å². The van der Waals surface area contributed by atoms with E-state index in [-0.39, 0.29) is 5.02 Å². The van der Waals surface area contributed by atoms with Crippen LogP contribution in [-0.4, -0.2) is 15.9 Å². The molecule has 0 amide bonds. The van der Waals surface area contributed by atoms with Crippen molar-refractivity contribution in [3.05, 3.63) is 35.7 Å². The van der Waals surface area contributed by atoms with Crippen molar-refractivity contribution in [2.24, 2.45) is 0 Å². The number of aromatic nitrogens is 2. The van der Waals surface area contributed by atoms with E-state index in [2.05, 4.69) is 9.72 Å².